The van der Waals surface area contributed by atoms with Gasteiger partial charge in [-0.05, 0) is 23.8 Å². The molecule has 0 spiro atoms. The molecular weight excluding hydrogens is 284 g/mol. The van der Waals surface area contributed by atoms with Crippen molar-refractivity contribution in [2.75, 3.05) is 19.8 Å². The van der Waals surface area contributed by atoms with Gasteiger partial charge in [0.1, 0.15) is 5.82 Å². The van der Waals surface area contributed by atoms with Gasteiger partial charge in [0.2, 0.25) is 0 Å². The van der Waals surface area contributed by atoms with Gasteiger partial charge in [-0.1, -0.05) is 15.9 Å². The molecule has 0 saturated carbocycles. The number of halogens is 3. The normalized spacial score (nSPS) is 20.8. The van der Waals surface area contributed by atoms with E-state index in [-0.39, 0.29) is 24.3 Å². The molecule has 2 rings (SSSR count). The maximum absolute atomic E-state index is 13.1. The molecule has 2 nitrogen and oxygen atoms in total. The van der Waals surface area contributed by atoms with Gasteiger partial charge >= 0.3 is 0 Å². The fourth-order valence-electron chi connectivity index (χ4n) is 1.56. The van der Waals surface area contributed by atoms with Crippen LogP contribution >= 0.6 is 28.3 Å². The SMILES string of the molecule is Cl.Fc1cc(Br)cc([C@@H]2COCCN2)c1. The van der Waals surface area contributed by atoms with Gasteiger partial charge in [-0.3, -0.25) is 0 Å². The van der Waals surface area contributed by atoms with Crippen molar-refractivity contribution in [3.05, 3.63) is 34.1 Å². The summed E-state index contributed by atoms with van der Waals surface area (Å²) in [5.74, 6) is -0.221. The summed E-state index contributed by atoms with van der Waals surface area (Å²) in [5, 5.41) is 3.28. The van der Waals surface area contributed by atoms with Crippen LogP contribution in [0, 0.1) is 5.82 Å². The molecule has 0 aromatic heterocycles. The lowest BCUT2D eigenvalue weighted by molar-refractivity contribution is 0.0768. The third-order valence-electron chi connectivity index (χ3n) is 2.21. The van der Waals surface area contributed by atoms with Crippen LogP contribution in [0.15, 0.2) is 22.7 Å². The molecule has 1 fully saturated rings. The van der Waals surface area contributed by atoms with Crippen molar-refractivity contribution in [3.63, 3.8) is 0 Å². The topological polar surface area (TPSA) is 21.3 Å². The van der Waals surface area contributed by atoms with Crippen molar-refractivity contribution in [1.29, 1.82) is 0 Å². The summed E-state index contributed by atoms with van der Waals surface area (Å²) in [4.78, 5) is 0. The minimum absolute atomic E-state index is 0. The molecular formula is C10H12BrClFNO. The highest BCUT2D eigenvalue weighted by Crippen LogP contribution is 2.21. The average molecular weight is 297 g/mol. The van der Waals surface area contributed by atoms with Crippen molar-refractivity contribution >= 4 is 28.3 Å². The van der Waals surface area contributed by atoms with E-state index < -0.39 is 0 Å². The molecule has 1 aliphatic heterocycles. The molecule has 1 aromatic rings. The summed E-state index contributed by atoms with van der Waals surface area (Å²) in [6.07, 6.45) is 0. The largest absolute Gasteiger partial charge is 0.378 e. The van der Waals surface area contributed by atoms with E-state index in [1.54, 1.807) is 0 Å². The van der Waals surface area contributed by atoms with Crippen molar-refractivity contribution in [3.8, 4) is 0 Å². The lowest BCUT2D eigenvalue weighted by atomic mass is 10.1. The van der Waals surface area contributed by atoms with E-state index in [9.17, 15) is 4.39 Å². The highest BCUT2D eigenvalue weighted by molar-refractivity contribution is 9.10. The molecule has 1 aromatic carbocycles. The average Bonchev–Trinajstić information content (AvgIpc) is 2.18. The second-order valence-electron chi connectivity index (χ2n) is 3.28. The monoisotopic (exact) mass is 295 g/mol. The number of hydrogen-bond donors (Lipinski definition) is 1. The van der Waals surface area contributed by atoms with E-state index in [0.717, 1.165) is 23.2 Å². The lowest BCUT2D eigenvalue weighted by Gasteiger charge is -2.24. The quantitative estimate of drug-likeness (QED) is 0.860. The molecule has 0 bridgehead atoms. The van der Waals surface area contributed by atoms with Gasteiger partial charge in [-0.2, -0.15) is 0 Å². The van der Waals surface area contributed by atoms with Gasteiger partial charge in [0.05, 0.1) is 19.3 Å². The van der Waals surface area contributed by atoms with E-state index >= 15 is 0 Å². The Morgan fingerprint density at radius 2 is 2.20 bits per heavy atom. The van der Waals surface area contributed by atoms with Gasteiger partial charge in [0.15, 0.2) is 0 Å². The van der Waals surface area contributed by atoms with Crippen molar-refractivity contribution in [1.82, 2.24) is 5.32 Å². The fourth-order valence-corrected chi connectivity index (χ4v) is 2.04. The number of morpholine rings is 1. The first-order valence-electron chi connectivity index (χ1n) is 4.53. The van der Waals surface area contributed by atoms with Crippen LogP contribution < -0.4 is 5.32 Å². The maximum atomic E-state index is 13.1. The Hall–Kier alpha value is -0.160. The van der Waals surface area contributed by atoms with Crippen LogP contribution in [0.2, 0.25) is 0 Å². The second-order valence-corrected chi connectivity index (χ2v) is 4.20. The molecule has 1 heterocycles. The zero-order valence-electron chi connectivity index (χ0n) is 8.00. The van der Waals surface area contributed by atoms with E-state index in [1.165, 1.54) is 12.1 Å². The Bertz CT molecular complexity index is 311. The van der Waals surface area contributed by atoms with Crippen LogP contribution in [0.1, 0.15) is 11.6 Å². The van der Waals surface area contributed by atoms with Crippen LogP contribution in [0.5, 0.6) is 0 Å². The Morgan fingerprint density at radius 3 is 2.80 bits per heavy atom. The standard InChI is InChI=1S/C10H11BrFNO.ClH/c11-8-3-7(4-9(12)5-8)10-6-14-2-1-13-10;/h3-5,10,13H,1-2,6H2;1H/t10-;/m0./s1. The first kappa shape index (κ1) is 12.9. The van der Waals surface area contributed by atoms with Crippen LogP contribution in [0.25, 0.3) is 0 Å². The predicted octanol–water partition coefficient (Wildman–Crippen LogP) is 2.67. The summed E-state index contributed by atoms with van der Waals surface area (Å²) in [6.45, 7) is 2.15. The number of hydrogen-bond acceptors (Lipinski definition) is 2. The maximum Gasteiger partial charge on any atom is 0.124 e. The molecule has 1 saturated heterocycles. The fraction of sp³-hybridized carbons (Fsp3) is 0.400. The summed E-state index contributed by atoms with van der Waals surface area (Å²) < 4.78 is 19.2. The highest BCUT2D eigenvalue weighted by atomic mass is 79.9. The minimum Gasteiger partial charge on any atom is -0.378 e. The van der Waals surface area contributed by atoms with Gasteiger partial charge < -0.3 is 10.1 Å². The Morgan fingerprint density at radius 1 is 1.40 bits per heavy atom. The first-order valence-corrected chi connectivity index (χ1v) is 5.32. The molecule has 0 amide bonds. The molecule has 1 atom stereocenters. The van der Waals surface area contributed by atoms with Crippen molar-refractivity contribution in [2.24, 2.45) is 0 Å². The van der Waals surface area contributed by atoms with Gasteiger partial charge in [0, 0.05) is 11.0 Å². The van der Waals surface area contributed by atoms with Crippen molar-refractivity contribution < 1.29 is 9.13 Å². The molecule has 15 heavy (non-hydrogen) atoms. The second kappa shape index (κ2) is 5.80. The molecule has 5 heteroatoms. The van der Waals surface area contributed by atoms with E-state index in [4.69, 9.17) is 4.74 Å². The summed E-state index contributed by atoms with van der Waals surface area (Å²) in [7, 11) is 0. The van der Waals surface area contributed by atoms with Crippen LogP contribution in [-0.4, -0.2) is 19.8 Å². The zero-order valence-corrected chi connectivity index (χ0v) is 10.4. The van der Waals surface area contributed by atoms with Gasteiger partial charge in [-0.15, -0.1) is 12.4 Å². The number of rotatable bonds is 1. The molecule has 84 valence electrons. The van der Waals surface area contributed by atoms with E-state index in [0.29, 0.717) is 6.61 Å². The zero-order chi connectivity index (χ0) is 9.97. The van der Waals surface area contributed by atoms with Gasteiger partial charge in [0.25, 0.3) is 0 Å². The molecule has 0 radical (unpaired) electrons. The van der Waals surface area contributed by atoms with Crippen LogP contribution in [0.4, 0.5) is 4.39 Å². The number of benzene rings is 1. The predicted molar refractivity (Wildman–Crippen MR) is 62.9 cm³/mol. The van der Waals surface area contributed by atoms with Gasteiger partial charge in [-0.25, -0.2) is 4.39 Å². The smallest absolute Gasteiger partial charge is 0.124 e. The van der Waals surface area contributed by atoms with E-state index in [2.05, 4.69) is 21.2 Å². The summed E-state index contributed by atoms with van der Waals surface area (Å²) >= 11 is 3.27. The van der Waals surface area contributed by atoms with Crippen molar-refractivity contribution in [2.45, 2.75) is 6.04 Å². The van der Waals surface area contributed by atoms with E-state index in [1.807, 2.05) is 6.07 Å². The van der Waals surface area contributed by atoms with Crippen LogP contribution in [0.3, 0.4) is 0 Å². The number of nitrogens with one attached hydrogen (secondary N) is 1. The minimum atomic E-state index is -0.221. The summed E-state index contributed by atoms with van der Waals surface area (Å²) in [6, 6.07) is 5.01. The molecule has 0 aliphatic carbocycles. The third kappa shape index (κ3) is 3.41. The molecule has 1 aliphatic rings. The Kier molecular flexibility index (Phi) is 4.99. The first-order chi connectivity index (χ1) is 6.75. The lowest BCUT2D eigenvalue weighted by Crippen LogP contribution is -2.34. The highest BCUT2D eigenvalue weighted by Gasteiger charge is 2.15. The Balaban J connectivity index is 0.00000112. The third-order valence-corrected chi connectivity index (χ3v) is 2.67. The number of ether oxygens (including phenoxy) is 1. The summed E-state index contributed by atoms with van der Waals surface area (Å²) in [5.41, 5.74) is 0.927. The Labute approximate surface area is 103 Å². The molecule has 1 N–H and O–H groups in total. The van der Waals surface area contributed by atoms with Crippen LogP contribution in [-0.2, 0) is 4.74 Å². The molecule has 0 unspecified atom stereocenters.